The number of hydrogen-bond acceptors (Lipinski definition) is 5. The number of nitrogens with one attached hydrogen (secondary N) is 1. The largest absolute Gasteiger partial charge is 0.356 e. The summed E-state index contributed by atoms with van der Waals surface area (Å²) in [5.41, 5.74) is 2.45. The first kappa shape index (κ1) is 19.2. The second-order valence-corrected chi connectivity index (χ2v) is 8.87. The van der Waals surface area contributed by atoms with Gasteiger partial charge in [-0.05, 0) is 30.7 Å². The molecule has 0 aliphatic carbocycles. The number of anilines is 2. The van der Waals surface area contributed by atoms with Crippen molar-refractivity contribution in [1.29, 1.82) is 0 Å². The Kier molecular flexibility index (Phi) is 6.12. The first-order valence-electron chi connectivity index (χ1n) is 9.54. The summed E-state index contributed by atoms with van der Waals surface area (Å²) in [5, 5.41) is 3.08. The summed E-state index contributed by atoms with van der Waals surface area (Å²) in [6.45, 7) is 2.75. The zero-order valence-electron chi connectivity index (χ0n) is 15.6. The number of carbonyl (C=O) groups is 2. The van der Waals surface area contributed by atoms with Gasteiger partial charge in [0.05, 0.1) is 11.4 Å². The molecular weight excluding hydrogens is 390 g/mol. The quantitative estimate of drug-likeness (QED) is 0.684. The molecule has 7 heteroatoms. The van der Waals surface area contributed by atoms with Crippen LogP contribution in [-0.2, 0) is 4.79 Å². The van der Waals surface area contributed by atoms with Crippen molar-refractivity contribution in [3.63, 3.8) is 0 Å². The summed E-state index contributed by atoms with van der Waals surface area (Å²) in [5.74, 6) is 0.844. The van der Waals surface area contributed by atoms with Crippen LogP contribution in [0.15, 0.2) is 58.3 Å². The lowest BCUT2D eigenvalue weighted by Gasteiger charge is -2.32. The molecule has 0 unspecified atom stereocenters. The minimum atomic E-state index is 0.0136. The Morgan fingerprint density at radius 1 is 1.00 bits per heavy atom. The molecule has 4 rings (SSSR count). The molecule has 2 amide bonds. The molecule has 0 atom stereocenters. The molecule has 1 saturated heterocycles. The molecule has 28 heavy (non-hydrogen) atoms. The lowest BCUT2D eigenvalue weighted by molar-refractivity contribution is -0.121. The van der Waals surface area contributed by atoms with Gasteiger partial charge in [0.1, 0.15) is 0 Å². The van der Waals surface area contributed by atoms with Gasteiger partial charge in [-0.1, -0.05) is 47.8 Å². The van der Waals surface area contributed by atoms with E-state index >= 15 is 0 Å². The minimum Gasteiger partial charge on any atom is -0.356 e. The summed E-state index contributed by atoms with van der Waals surface area (Å²) in [6.07, 6.45) is 1.23. The fraction of sp³-hybridized carbons (Fsp3) is 0.333. The normalized spacial score (nSPS) is 15.4. The van der Waals surface area contributed by atoms with Crippen LogP contribution in [0.25, 0.3) is 0 Å². The fourth-order valence-corrected chi connectivity index (χ4v) is 5.39. The van der Waals surface area contributed by atoms with Crippen molar-refractivity contribution < 1.29 is 9.59 Å². The van der Waals surface area contributed by atoms with E-state index < -0.39 is 0 Å². The van der Waals surface area contributed by atoms with Crippen LogP contribution in [0.3, 0.4) is 0 Å². The van der Waals surface area contributed by atoms with Crippen molar-refractivity contribution in [2.75, 3.05) is 36.8 Å². The van der Waals surface area contributed by atoms with Gasteiger partial charge in [-0.2, -0.15) is 0 Å². The summed E-state index contributed by atoms with van der Waals surface area (Å²) in [7, 11) is 0. The highest BCUT2D eigenvalue weighted by Crippen LogP contribution is 2.47. The number of carbonyl (C=O) groups excluding carboxylic acids is 2. The average Bonchev–Trinajstić information content (AvgIpc) is 3.13. The highest BCUT2D eigenvalue weighted by Gasteiger charge is 2.23. The van der Waals surface area contributed by atoms with Gasteiger partial charge >= 0.3 is 0 Å². The minimum absolute atomic E-state index is 0.0136. The van der Waals surface area contributed by atoms with Gasteiger partial charge in [-0.3, -0.25) is 9.59 Å². The monoisotopic (exact) mass is 413 g/mol. The first-order chi connectivity index (χ1) is 13.7. The number of fused-ring (bicyclic) bond motifs is 2. The second kappa shape index (κ2) is 8.92. The highest BCUT2D eigenvalue weighted by atomic mass is 32.2. The Bertz CT molecular complexity index is 829. The molecule has 2 heterocycles. The van der Waals surface area contributed by atoms with Gasteiger partial charge in [0.15, 0.2) is 0 Å². The van der Waals surface area contributed by atoms with Crippen molar-refractivity contribution in [2.24, 2.45) is 0 Å². The van der Waals surface area contributed by atoms with Crippen LogP contribution in [0.5, 0.6) is 0 Å². The van der Waals surface area contributed by atoms with Crippen LogP contribution in [0.1, 0.15) is 12.8 Å². The molecule has 1 N–H and O–H groups in total. The SMILES string of the molecule is O=C(CCN1CCSC1=O)NCCCN1c2ccccc2Sc2ccccc21. The third-order valence-electron chi connectivity index (χ3n) is 4.87. The lowest BCUT2D eigenvalue weighted by Crippen LogP contribution is -2.32. The summed E-state index contributed by atoms with van der Waals surface area (Å²) >= 11 is 3.14. The number of para-hydroxylation sites is 2. The third-order valence-corrected chi connectivity index (χ3v) is 6.89. The number of amides is 2. The first-order valence-corrected chi connectivity index (χ1v) is 11.3. The number of rotatable bonds is 7. The van der Waals surface area contributed by atoms with E-state index in [9.17, 15) is 9.59 Å². The van der Waals surface area contributed by atoms with Gasteiger partial charge in [0.2, 0.25) is 5.91 Å². The van der Waals surface area contributed by atoms with Crippen molar-refractivity contribution in [2.45, 2.75) is 22.6 Å². The zero-order chi connectivity index (χ0) is 19.3. The van der Waals surface area contributed by atoms with Gasteiger partial charge in [-0.15, -0.1) is 0 Å². The van der Waals surface area contributed by atoms with E-state index in [0.717, 1.165) is 25.3 Å². The summed E-state index contributed by atoms with van der Waals surface area (Å²) in [6, 6.07) is 16.9. The van der Waals surface area contributed by atoms with Gasteiger partial charge < -0.3 is 15.1 Å². The van der Waals surface area contributed by atoms with Crippen molar-refractivity contribution >= 4 is 46.0 Å². The Balaban J connectivity index is 1.29. The molecule has 2 aromatic rings. The molecule has 1 fully saturated rings. The maximum atomic E-state index is 12.1. The molecule has 0 bridgehead atoms. The van der Waals surface area contributed by atoms with Gasteiger partial charge in [0.25, 0.3) is 5.24 Å². The maximum Gasteiger partial charge on any atom is 0.281 e. The van der Waals surface area contributed by atoms with Gasteiger partial charge in [0, 0.05) is 48.1 Å². The van der Waals surface area contributed by atoms with Crippen molar-refractivity contribution in [3.05, 3.63) is 48.5 Å². The van der Waals surface area contributed by atoms with E-state index in [-0.39, 0.29) is 11.1 Å². The second-order valence-electron chi connectivity index (χ2n) is 6.74. The average molecular weight is 414 g/mol. The Morgan fingerprint density at radius 2 is 1.68 bits per heavy atom. The number of nitrogens with zero attached hydrogens (tertiary/aromatic N) is 2. The van der Waals surface area contributed by atoms with Crippen LogP contribution < -0.4 is 10.2 Å². The van der Waals surface area contributed by atoms with E-state index in [2.05, 4.69) is 58.7 Å². The molecule has 146 valence electrons. The molecular formula is C21H23N3O2S2. The van der Waals surface area contributed by atoms with E-state index in [1.807, 2.05) is 0 Å². The van der Waals surface area contributed by atoms with E-state index in [0.29, 0.717) is 19.5 Å². The van der Waals surface area contributed by atoms with Crippen molar-refractivity contribution in [1.82, 2.24) is 10.2 Å². The lowest BCUT2D eigenvalue weighted by atomic mass is 10.2. The number of thioether (sulfide) groups is 1. The van der Waals surface area contributed by atoms with Crippen LogP contribution in [0, 0.1) is 0 Å². The van der Waals surface area contributed by atoms with Crippen LogP contribution in [0.2, 0.25) is 0 Å². The van der Waals surface area contributed by atoms with E-state index in [4.69, 9.17) is 0 Å². The smallest absolute Gasteiger partial charge is 0.281 e. The molecule has 2 aromatic carbocycles. The van der Waals surface area contributed by atoms with Crippen LogP contribution in [-0.4, -0.2) is 48.0 Å². The maximum absolute atomic E-state index is 12.1. The number of benzene rings is 2. The molecule has 0 saturated carbocycles. The van der Waals surface area contributed by atoms with E-state index in [1.54, 1.807) is 16.7 Å². The highest BCUT2D eigenvalue weighted by molar-refractivity contribution is 8.13. The Morgan fingerprint density at radius 3 is 2.32 bits per heavy atom. The van der Waals surface area contributed by atoms with Gasteiger partial charge in [-0.25, -0.2) is 0 Å². The standard InChI is InChI=1S/C21H23N3O2S2/c25-20(10-13-23-14-15-27-21(23)26)22-11-5-12-24-16-6-1-3-8-18(16)28-19-9-4-2-7-17(19)24/h1-4,6-9H,5,10-15H2,(H,22,25). The summed E-state index contributed by atoms with van der Waals surface area (Å²) in [4.78, 5) is 30.3. The molecule has 0 radical (unpaired) electrons. The molecule has 0 aromatic heterocycles. The van der Waals surface area contributed by atoms with E-state index in [1.165, 1.54) is 32.9 Å². The van der Waals surface area contributed by atoms with Crippen molar-refractivity contribution in [3.8, 4) is 0 Å². The number of hydrogen-bond donors (Lipinski definition) is 1. The predicted octanol–water partition coefficient (Wildman–Crippen LogP) is 4.35. The fourth-order valence-electron chi connectivity index (χ4n) is 3.44. The zero-order valence-corrected chi connectivity index (χ0v) is 17.2. The Hall–Kier alpha value is -2.12. The molecule has 2 aliphatic heterocycles. The Labute approximate surface area is 173 Å². The summed E-state index contributed by atoms with van der Waals surface area (Å²) < 4.78 is 0. The molecule has 2 aliphatic rings. The predicted molar refractivity (Wildman–Crippen MR) is 116 cm³/mol. The molecule has 0 spiro atoms. The topological polar surface area (TPSA) is 52.7 Å². The molecule has 5 nitrogen and oxygen atoms in total. The third kappa shape index (κ3) is 4.31. The van der Waals surface area contributed by atoms with Crippen LogP contribution in [0.4, 0.5) is 16.2 Å². The van der Waals surface area contributed by atoms with Crippen LogP contribution >= 0.6 is 23.5 Å².